The van der Waals surface area contributed by atoms with Crippen LogP contribution in [0.15, 0.2) is 12.4 Å². The van der Waals surface area contributed by atoms with Crippen LogP contribution in [0.5, 0.6) is 0 Å². The SMILES string of the molecule is Clc1cc(Cl)c(N2CCn3cnnc3C2)nc1Cl. The molecule has 0 aliphatic carbocycles. The summed E-state index contributed by atoms with van der Waals surface area (Å²) in [7, 11) is 0. The Balaban J connectivity index is 1.95. The summed E-state index contributed by atoms with van der Waals surface area (Å²) in [5.41, 5.74) is 0. The minimum Gasteiger partial charge on any atom is -0.346 e. The number of fused-ring (bicyclic) bond motifs is 1. The fourth-order valence-electron chi connectivity index (χ4n) is 1.90. The third kappa shape index (κ3) is 2.02. The van der Waals surface area contributed by atoms with Crippen molar-refractivity contribution in [3.05, 3.63) is 33.4 Å². The van der Waals surface area contributed by atoms with Gasteiger partial charge in [0.25, 0.3) is 0 Å². The van der Waals surface area contributed by atoms with Crippen molar-refractivity contribution in [2.24, 2.45) is 0 Å². The second kappa shape index (κ2) is 4.57. The molecule has 18 heavy (non-hydrogen) atoms. The highest BCUT2D eigenvalue weighted by Gasteiger charge is 2.21. The van der Waals surface area contributed by atoms with Crippen molar-refractivity contribution in [3.8, 4) is 0 Å². The zero-order valence-electron chi connectivity index (χ0n) is 9.15. The highest BCUT2D eigenvalue weighted by molar-refractivity contribution is 6.42. The number of nitrogens with zero attached hydrogens (tertiary/aromatic N) is 5. The topological polar surface area (TPSA) is 46.8 Å². The molecule has 0 radical (unpaired) electrons. The standard InChI is InChI=1S/C10H8Cl3N5/c11-6-3-7(12)10(15-9(6)13)17-1-2-18-5-14-16-8(18)4-17/h3,5H,1-2,4H2. The van der Waals surface area contributed by atoms with Gasteiger partial charge < -0.3 is 9.47 Å². The van der Waals surface area contributed by atoms with Gasteiger partial charge >= 0.3 is 0 Å². The monoisotopic (exact) mass is 303 g/mol. The molecule has 5 nitrogen and oxygen atoms in total. The molecule has 0 spiro atoms. The van der Waals surface area contributed by atoms with Crippen LogP contribution in [0.4, 0.5) is 5.82 Å². The summed E-state index contributed by atoms with van der Waals surface area (Å²) in [6.07, 6.45) is 1.72. The lowest BCUT2D eigenvalue weighted by molar-refractivity contribution is 0.556. The summed E-state index contributed by atoms with van der Waals surface area (Å²) in [4.78, 5) is 6.23. The Morgan fingerprint density at radius 1 is 1.11 bits per heavy atom. The fourth-order valence-corrected chi connectivity index (χ4v) is 2.52. The zero-order valence-corrected chi connectivity index (χ0v) is 11.4. The summed E-state index contributed by atoms with van der Waals surface area (Å²) in [5, 5.41) is 9.00. The molecule has 0 fully saturated rings. The van der Waals surface area contributed by atoms with E-state index in [0.29, 0.717) is 22.4 Å². The molecule has 2 aromatic heterocycles. The molecule has 94 valence electrons. The normalized spacial score (nSPS) is 14.7. The second-order valence-electron chi connectivity index (χ2n) is 3.93. The summed E-state index contributed by atoms with van der Waals surface area (Å²) in [6.45, 7) is 2.17. The molecular weight excluding hydrogens is 297 g/mol. The maximum absolute atomic E-state index is 6.15. The Bertz CT molecular complexity index is 597. The van der Waals surface area contributed by atoms with E-state index in [2.05, 4.69) is 15.2 Å². The molecule has 0 saturated heterocycles. The largest absolute Gasteiger partial charge is 0.346 e. The van der Waals surface area contributed by atoms with Crippen molar-refractivity contribution in [3.63, 3.8) is 0 Å². The first kappa shape index (κ1) is 12.0. The van der Waals surface area contributed by atoms with Gasteiger partial charge in [-0.2, -0.15) is 0 Å². The molecule has 0 aromatic carbocycles. The van der Waals surface area contributed by atoms with Crippen molar-refractivity contribution >= 4 is 40.6 Å². The highest BCUT2D eigenvalue weighted by atomic mass is 35.5. The zero-order chi connectivity index (χ0) is 12.7. The van der Waals surface area contributed by atoms with E-state index in [1.165, 1.54) is 0 Å². The lowest BCUT2D eigenvalue weighted by atomic mass is 10.3. The van der Waals surface area contributed by atoms with Crippen LogP contribution in [0, 0.1) is 0 Å². The fraction of sp³-hybridized carbons (Fsp3) is 0.300. The van der Waals surface area contributed by atoms with Crippen LogP contribution in [-0.2, 0) is 13.1 Å². The summed E-state index contributed by atoms with van der Waals surface area (Å²) >= 11 is 17.9. The van der Waals surface area contributed by atoms with Crippen LogP contribution in [0.1, 0.15) is 5.82 Å². The second-order valence-corrected chi connectivity index (χ2v) is 5.10. The first-order valence-corrected chi connectivity index (χ1v) is 6.41. The van der Waals surface area contributed by atoms with Gasteiger partial charge in [0.2, 0.25) is 0 Å². The minimum absolute atomic E-state index is 0.253. The van der Waals surface area contributed by atoms with Gasteiger partial charge in [0, 0.05) is 13.1 Å². The number of aromatic nitrogens is 4. The van der Waals surface area contributed by atoms with Gasteiger partial charge in [-0.25, -0.2) is 4.98 Å². The molecule has 0 atom stereocenters. The van der Waals surface area contributed by atoms with Crippen LogP contribution in [0.3, 0.4) is 0 Å². The smallest absolute Gasteiger partial charge is 0.152 e. The Kier molecular flexibility index (Phi) is 3.05. The quantitative estimate of drug-likeness (QED) is 0.760. The maximum atomic E-state index is 6.15. The van der Waals surface area contributed by atoms with Crippen LogP contribution >= 0.6 is 34.8 Å². The van der Waals surface area contributed by atoms with Crippen LogP contribution in [-0.4, -0.2) is 26.3 Å². The molecule has 1 aliphatic heterocycles. The van der Waals surface area contributed by atoms with Gasteiger partial charge in [-0.15, -0.1) is 10.2 Å². The predicted octanol–water partition coefficient (Wildman–Crippen LogP) is 2.65. The summed E-state index contributed by atoms with van der Waals surface area (Å²) in [5.74, 6) is 1.51. The molecule has 3 rings (SSSR count). The van der Waals surface area contributed by atoms with Crippen molar-refractivity contribution in [1.29, 1.82) is 0 Å². The molecule has 0 bridgehead atoms. The number of anilines is 1. The van der Waals surface area contributed by atoms with E-state index in [4.69, 9.17) is 34.8 Å². The Labute approximate surface area is 118 Å². The van der Waals surface area contributed by atoms with Crippen molar-refractivity contribution in [1.82, 2.24) is 19.7 Å². The molecule has 0 amide bonds. The highest BCUT2D eigenvalue weighted by Crippen LogP contribution is 2.32. The van der Waals surface area contributed by atoms with E-state index < -0.39 is 0 Å². The number of hydrogen-bond donors (Lipinski definition) is 0. The van der Waals surface area contributed by atoms with Gasteiger partial charge in [0.15, 0.2) is 5.82 Å². The Morgan fingerprint density at radius 2 is 1.94 bits per heavy atom. The third-order valence-electron chi connectivity index (χ3n) is 2.81. The average Bonchev–Trinajstić information content (AvgIpc) is 2.80. The Morgan fingerprint density at radius 3 is 2.78 bits per heavy atom. The number of hydrogen-bond acceptors (Lipinski definition) is 4. The number of pyridine rings is 1. The van der Waals surface area contributed by atoms with Crippen molar-refractivity contribution in [2.75, 3.05) is 11.4 Å². The van der Waals surface area contributed by atoms with Crippen LogP contribution < -0.4 is 4.90 Å². The maximum Gasteiger partial charge on any atom is 0.152 e. The van der Waals surface area contributed by atoms with Crippen molar-refractivity contribution in [2.45, 2.75) is 13.1 Å². The molecule has 2 aromatic rings. The summed E-state index contributed by atoms with van der Waals surface area (Å²) in [6, 6.07) is 1.60. The van der Waals surface area contributed by atoms with E-state index in [-0.39, 0.29) is 5.15 Å². The molecule has 1 aliphatic rings. The molecule has 0 N–H and O–H groups in total. The van der Waals surface area contributed by atoms with Crippen LogP contribution in [0.2, 0.25) is 15.2 Å². The lowest BCUT2D eigenvalue weighted by Crippen LogP contribution is -2.34. The number of rotatable bonds is 1. The van der Waals surface area contributed by atoms with Crippen molar-refractivity contribution < 1.29 is 0 Å². The van der Waals surface area contributed by atoms with Gasteiger partial charge in [-0.3, -0.25) is 0 Å². The predicted molar refractivity (Wildman–Crippen MR) is 70.3 cm³/mol. The van der Waals surface area contributed by atoms with E-state index in [9.17, 15) is 0 Å². The van der Waals surface area contributed by atoms with Gasteiger partial charge in [0.1, 0.15) is 17.3 Å². The van der Waals surface area contributed by atoms with E-state index >= 15 is 0 Å². The first-order chi connectivity index (χ1) is 8.65. The lowest BCUT2D eigenvalue weighted by Gasteiger charge is -2.28. The Hall–Kier alpha value is -1.04. The minimum atomic E-state index is 0.253. The molecule has 3 heterocycles. The van der Waals surface area contributed by atoms with E-state index in [1.807, 2.05) is 9.47 Å². The van der Waals surface area contributed by atoms with Crippen LogP contribution in [0.25, 0.3) is 0 Å². The molecular formula is C10H8Cl3N5. The van der Waals surface area contributed by atoms with Gasteiger partial charge in [-0.1, -0.05) is 34.8 Å². The first-order valence-electron chi connectivity index (χ1n) is 5.28. The molecule has 0 saturated carbocycles. The summed E-state index contributed by atoms with van der Waals surface area (Å²) < 4.78 is 2.00. The average molecular weight is 305 g/mol. The van der Waals surface area contributed by atoms with Gasteiger partial charge in [0.05, 0.1) is 16.6 Å². The van der Waals surface area contributed by atoms with Gasteiger partial charge in [-0.05, 0) is 6.07 Å². The number of halogens is 3. The third-order valence-corrected chi connectivity index (χ3v) is 3.76. The van der Waals surface area contributed by atoms with E-state index in [1.54, 1.807) is 12.4 Å². The molecule has 8 heteroatoms. The van der Waals surface area contributed by atoms with E-state index in [0.717, 1.165) is 18.9 Å². The molecule has 0 unspecified atom stereocenters.